The van der Waals surface area contributed by atoms with E-state index in [1.807, 2.05) is 19.9 Å². The molecule has 0 aliphatic carbocycles. The summed E-state index contributed by atoms with van der Waals surface area (Å²) in [5, 5.41) is 0. The van der Waals surface area contributed by atoms with Crippen molar-refractivity contribution in [1.82, 2.24) is 4.57 Å². The average molecular weight is 219 g/mol. The lowest BCUT2D eigenvalue weighted by Gasteiger charge is -2.06. The Labute approximate surface area is 98.0 Å². The molecule has 0 saturated carbocycles. The smallest absolute Gasteiger partial charge is 0.146 e. The minimum Gasteiger partial charge on any atom is -0.349 e. The van der Waals surface area contributed by atoms with Crippen molar-refractivity contribution in [3.05, 3.63) is 28.6 Å². The number of nitrogens with zero attached hydrogens (tertiary/aromatic N) is 1. The van der Waals surface area contributed by atoms with Gasteiger partial charge in [0.2, 0.25) is 0 Å². The summed E-state index contributed by atoms with van der Waals surface area (Å²) in [4.78, 5) is 10.9. The number of aryl methyl sites for hydroxylation is 1. The van der Waals surface area contributed by atoms with Gasteiger partial charge in [-0.05, 0) is 50.0 Å². The van der Waals surface area contributed by atoms with Crippen molar-refractivity contribution in [2.24, 2.45) is 5.92 Å². The second kappa shape index (κ2) is 5.15. The maximum Gasteiger partial charge on any atom is 0.146 e. The highest BCUT2D eigenvalue weighted by Gasteiger charge is 2.08. The molecule has 16 heavy (non-hydrogen) atoms. The standard InChI is InChI=1S/C14H21NO/c1-6-15-11(4)7-13(12(15)5)8-14(9-16)10(2)3/h7-10H,6H2,1-5H3. The van der Waals surface area contributed by atoms with E-state index in [2.05, 4.69) is 31.4 Å². The first-order valence-electron chi connectivity index (χ1n) is 5.84. The Balaban J connectivity index is 3.19. The lowest BCUT2D eigenvalue weighted by Crippen LogP contribution is -1.99. The molecule has 1 rings (SSSR count). The van der Waals surface area contributed by atoms with Gasteiger partial charge in [0.05, 0.1) is 0 Å². The van der Waals surface area contributed by atoms with Crippen LogP contribution in [-0.4, -0.2) is 10.9 Å². The molecule has 1 aromatic heterocycles. The molecule has 1 aromatic rings. The van der Waals surface area contributed by atoms with Gasteiger partial charge in [-0.25, -0.2) is 0 Å². The van der Waals surface area contributed by atoms with Crippen LogP contribution in [0, 0.1) is 19.8 Å². The molecule has 0 bridgehead atoms. The second-order valence-corrected chi connectivity index (χ2v) is 4.49. The lowest BCUT2D eigenvalue weighted by atomic mass is 10.0. The molecular weight excluding hydrogens is 198 g/mol. The number of carbonyl (C=O) groups is 1. The first-order valence-corrected chi connectivity index (χ1v) is 5.84. The topological polar surface area (TPSA) is 22.0 Å². The summed E-state index contributed by atoms with van der Waals surface area (Å²) in [6.45, 7) is 11.4. The number of rotatable bonds is 4. The Morgan fingerprint density at radius 3 is 2.44 bits per heavy atom. The molecule has 0 saturated heterocycles. The summed E-state index contributed by atoms with van der Waals surface area (Å²) in [5.41, 5.74) is 4.51. The van der Waals surface area contributed by atoms with Crippen LogP contribution in [0.15, 0.2) is 11.6 Å². The van der Waals surface area contributed by atoms with Crippen LogP contribution in [0.5, 0.6) is 0 Å². The van der Waals surface area contributed by atoms with Crippen molar-refractivity contribution in [1.29, 1.82) is 0 Å². The summed E-state index contributed by atoms with van der Waals surface area (Å²) in [5.74, 6) is 0.280. The molecule has 0 aliphatic heterocycles. The highest BCUT2D eigenvalue weighted by molar-refractivity contribution is 5.82. The Hall–Kier alpha value is -1.31. The summed E-state index contributed by atoms with van der Waals surface area (Å²) < 4.78 is 2.26. The van der Waals surface area contributed by atoms with Crippen LogP contribution in [0.1, 0.15) is 37.7 Å². The summed E-state index contributed by atoms with van der Waals surface area (Å²) >= 11 is 0. The molecule has 0 amide bonds. The van der Waals surface area contributed by atoms with Crippen LogP contribution < -0.4 is 0 Å². The van der Waals surface area contributed by atoms with Crippen molar-refractivity contribution in [2.75, 3.05) is 0 Å². The van der Waals surface area contributed by atoms with Gasteiger partial charge in [0.25, 0.3) is 0 Å². The maximum atomic E-state index is 10.9. The van der Waals surface area contributed by atoms with Gasteiger partial charge in [0, 0.05) is 17.9 Å². The van der Waals surface area contributed by atoms with Crippen LogP contribution in [0.25, 0.3) is 6.08 Å². The van der Waals surface area contributed by atoms with Crippen LogP contribution in [-0.2, 0) is 11.3 Å². The van der Waals surface area contributed by atoms with Gasteiger partial charge in [-0.2, -0.15) is 0 Å². The number of hydrogen-bond acceptors (Lipinski definition) is 1. The third kappa shape index (κ3) is 2.43. The Bertz CT molecular complexity index is 411. The van der Waals surface area contributed by atoms with Gasteiger partial charge in [-0.15, -0.1) is 0 Å². The van der Waals surface area contributed by atoms with Crippen molar-refractivity contribution >= 4 is 12.4 Å². The zero-order valence-corrected chi connectivity index (χ0v) is 10.9. The largest absolute Gasteiger partial charge is 0.349 e. The van der Waals surface area contributed by atoms with E-state index < -0.39 is 0 Å². The molecule has 0 aliphatic rings. The second-order valence-electron chi connectivity index (χ2n) is 4.49. The molecule has 1 heterocycles. The van der Waals surface area contributed by atoms with E-state index in [1.54, 1.807) is 0 Å². The normalized spacial score (nSPS) is 12.2. The fraction of sp³-hybridized carbons (Fsp3) is 0.500. The van der Waals surface area contributed by atoms with Crippen molar-refractivity contribution in [2.45, 2.75) is 41.2 Å². The van der Waals surface area contributed by atoms with Gasteiger partial charge in [0.15, 0.2) is 0 Å². The fourth-order valence-electron chi connectivity index (χ4n) is 1.98. The van der Waals surface area contributed by atoms with E-state index in [-0.39, 0.29) is 5.92 Å². The minimum absolute atomic E-state index is 0.280. The molecule has 0 unspecified atom stereocenters. The van der Waals surface area contributed by atoms with Gasteiger partial charge in [-0.1, -0.05) is 13.8 Å². The molecule has 88 valence electrons. The number of allylic oxidation sites excluding steroid dienone is 1. The van der Waals surface area contributed by atoms with Crippen molar-refractivity contribution in [3.8, 4) is 0 Å². The van der Waals surface area contributed by atoms with Crippen LogP contribution >= 0.6 is 0 Å². The van der Waals surface area contributed by atoms with E-state index in [1.165, 1.54) is 11.4 Å². The highest BCUT2D eigenvalue weighted by atomic mass is 16.1. The van der Waals surface area contributed by atoms with E-state index in [9.17, 15) is 4.79 Å². The predicted molar refractivity (Wildman–Crippen MR) is 68.5 cm³/mol. The summed E-state index contributed by atoms with van der Waals surface area (Å²) in [6, 6.07) is 2.14. The molecule has 0 N–H and O–H groups in total. The Kier molecular flexibility index (Phi) is 4.11. The van der Waals surface area contributed by atoms with Crippen molar-refractivity contribution < 1.29 is 4.79 Å². The van der Waals surface area contributed by atoms with E-state index >= 15 is 0 Å². The number of aromatic nitrogens is 1. The third-order valence-corrected chi connectivity index (χ3v) is 3.05. The van der Waals surface area contributed by atoms with Crippen LogP contribution in [0.2, 0.25) is 0 Å². The molecule has 0 radical (unpaired) electrons. The Morgan fingerprint density at radius 1 is 1.44 bits per heavy atom. The quantitative estimate of drug-likeness (QED) is 0.562. The molecule has 0 fully saturated rings. The molecule has 2 heteroatoms. The van der Waals surface area contributed by atoms with Gasteiger partial charge in [-0.3, -0.25) is 4.79 Å². The minimum atomic E-state index is 0.280. The monoisotopic (exact) mass is 219 g/mol. The molecular formula is C14H21NO. The highest BCUT2D eigenvalue weighted by Crippen LogP contribution is 2.20. The first kappa shape index (κ1) is 12.8. The van der Waals surface area contributed by atoms with E-state index in [0.717, 1.165) is 24.0 Å². The average Bonchev–Trinajstić information content (AvgIpc) is 2.49. The van der Waals surface area contributed by atoms with Crippen molar-refractivity contribution in [3.63, 3.8) is 0 Å². The summed E-state index contributed by atoms with van der Waals surface area (Å²) in [6.07, 6.45) is 2.97. The maximum absolute atomic E-state index is 10.9. The van der Waals surface area contributed by atoms with E-state index in [4.69, 9.17) is 0 Å². The zero-order chi connectivity index (χ0) is 12.3. The lowest BCUT2D eigenvalue weighted by molar-refractivity contribution is -0.105. The van der Waals surface area contributed by atoms with Gasteiger partial charge < -0.3 is 4.57 Å². The molecule has 2 nitrogen and oxygen atoms in total. The third-order valence-electron chi connectivity index (χ3n) is 3.05. The number of hydrogen-bond donors (Lipinski definition) is 0. The number of carbonyl (C=O) groups excluding carboxylic acids is 1. The van der Waals surface area contributed by atoms with E-state index in [0.29, 0.717) is 0 Å². The first-order chi connectivity index (χ1) is 7.51. The van der Waals surface area contributed by atoms with Crippen LogP contribution in [0.3, 0.4) is 0 Å². The van der Waals surface area contributed by atoms with Crippen LogP contribution in [0.4, 0.5) is 0 Å². The predicted octanol–water partition coefficient (Wildman–Crippen LogP) is 3.36. The van der Waals surface area contributed by atoms with Gasteiger partial charge >= 0.3 is 0 Å². The SMILES string of the molecule is CCn1c(C)cc(C=C(C=O)C(C)C)c1C. The molecule has 0 aromatic carbocycles. The number of aldehydes is 1. The van der Waals surface area contributed by atoms with Gasteiger partial charge in [0.1, 0.15) is 6.29 Å². The fourth-order valence-corrected chi connectivity index (χ4v) is 1.98. The molecule has 0 spiro atoms. The Morgan fingerprint density at radius 2 is 2.06 bits per heavy atom. The summed E-state index contributed by atoms with van der Waals surface area (Å²) in [7, 11) is 0. The molecule has 0 atom stereocenters. The zero-order valence-electron chi connectivity index (χ0n) is 10.9.